The van der Waals surface area contributed by atoms with Crippen LogP contribution in [-0.2, 0) is 52.0 Å². The number of rotatable bonds is 13. The van der Waals surface area contributed by atoms with E-state index in [1.807, 2.05) is 30.3 Å². The number of nitrogens with one attached hydrogen (secondary N) is 2. The summed E-state index contributed by atoms with van der Waals surface area (Å²) in [5.74, 6) is 0.764. The number of ether oxygens (including phenoxy) is 3. The highest BCUT2D eigenvalue weighted by Crippen LogP contribution is 2.36. The van der Waals surface area contributed by atoms with Gasteiger partial charge in [-0.25, -0.2) is 26.8 Å². The lowest BCUT2D eigenvalue weighted by atomic mass is 10.3. The summed E-state index contributed by atoms with van der Waals surface area (Å²) in [6.45, 7) is 4.18. The van der Waals surface area contributed by atoms with Crippen LogP contribution in [0, 0.1) is 0 Å². The summed E-state index contributed by atoms with van der Waals surface area (Å²) in [5.41, 5.74) is 0. The van der Waals surface area contributed by atoms with E-state index >= 15 is 0 Å². The number of aromatic nitrogens is 2. The monoisotopic (exact) mass is 887 g/mol. The molecule has 6 rings (SSSR count). The van der Waals surface area contributed by atoms with E-state index in [-0.39, 0.29) is 60.5 Å². The fourth-order valence-electron chi connectivity index (χ4n) is 4.67. The second-order valence-corrected chi connectivity index (χ2v) is 17.9. The van der Waals surface area contributed by atoms with Crippen molar-refractivity contribution in [3.8, 4) is 11.5 Å². The molecule has 2 N–H and O–H groups in total. The highest BCUT2D eigenvalue weighted by atomic mass is 35.5. The summed E-state index contributed by atoms with van der Waals surface area (Å²) in [4.78, 5) is 34.7. The van der Waals surface area contributed by atoms with Crippen LogP contribution in [0.4, 0.5) is 10.3 Å². The number of carbonyl (C=O) groups is 2. The standard InChI is InChI=1S/C21H21N3O5S2.C13H11Cl3N2O4S2/c25-20(24-10-12-28-13-11-24)14-18-15-22-21(30-18)23-31(26,27)19-8-6-17(7-9-19)29-16-4-2-1-3-5-16;1-2-22-10(19)5-7-6-17-13(23-7)18-24(20,21)9-4-3-8(14)11(15)12(9)16/h1-9,15H,10-14H2,(H,22,23);3-4,6H,2,5H2,1H3,(H,17,18). The molecule has 1 saturated heterocycles. The van der Waals surface area contributed by atoms with Crippen LogP contribution in [0.25, 0.3) is 0 Å². The molecular formula is C34H32Cl3N5O9S4. The number of hydrogen-bond donors (Lipinski definition) is 2. The van der Waals surface area contributed by atoms with Crippen LogP contribution in [0.5, 0.6) is 11.5 Å². The highest BCUT2D eigenvalue weighted by Gasteiger charge is 2.23. The number of morpholine rings is 1. The van der Waals surface area contributed by atoms with Crippen LogP contribution in [-0.4, -0.2) is 76.5 Å². The van der Waals surface area contributed by atoms with Gasteiger partial charge in [0, 0.05) is 35.2 Å². The summed E-state index contributed by atoms with van der Waals surface area (Å²) in [6.07, 6.45) is 3.12. The quantitative estimate of drug-likeness (QED) is 0.0905. The first kappa shape index (κ1) is 42.1. The smallest absolute Gasteiger partial charge is 0.311 e. The molecule has 1 fully saturated rings. The number of para-hydroxylation sites is 1. The number of benzene rings is 3. The Hall–Kier alpha value is -4.01. The van der Waals surface area contributed by atoms with Gasteiger partial charge in [-0.05, 0) is 55.5 Å². The van der Waals surface area contributed by atoms with Gasteiger partial charge in [-0.15, -0.1) is 22.7 Å². The van der Waals surface area contributed by atoms with Crippen LogP contribution >= 0.6 is 57.5 Å². The topological polar surface area (TPSA) is 183 Å². The number of nitrogens with zero attached hydrogens (tertiary/aromatic N) is 3. The van der Waals surface area contributed by atoms with Crippen LogP contribution in [0.3, 0.4) is 0 Å². The number of halogens is 3. The first-order chi connectivity index (χ1) is 26.2. The Morgan fingerprint density at radius 2 is 1.36 bits per heavy atom. The molecular weight excluding hydrogens is 857 g/mol. The zero-order valence-electron chi connectivity index (χ0n) is 28.7. The van der Waals surface area contributed by atoms with Crippen molar-refractivity contribution >= 4 is 99.7 Å². The lowest BCUT2D eigenvalue weighted by Gasteiger charge is -2.26. The predicted octanol–water partition coefficient (Wildman–Crippen LogP) is 7.15. The zero-order chi connectivity index (χ0) is 39.6. The van der Waals surface area contributed by atoms with E-state index < -0.39 is 26.0 Å². The molecule has 1 aliphatic heterocycles. The average molecular weight is 889 g/mol. The second-order valence-electron chi connectivity index (χ2n) is 11.2. The zero-order valence-corrected chi connectivity index (χ0v) is 34.3. The molecule has 55 heavy (non-hydrogen) atoms. The molecule has 0 radical (unpaired) electrons. The number of hydrogen-bond acceptors (Lipinski definition) is 13. The van der Waals surface area contributed by atoms with Crippen molar-refractivity contribution < 1.29 is 40.6 Å². The Morgan fingerprint density at radius 1 is 0.782 bits per heavy atom. The van der Waals surface area contributed by atoms with Crippen molar-refractivity contribution in [3.63, 3.8) is 0 Å². The largest absolute Gasteiger partial charge is 0.466 e. The maximum atomic E-state index is 12.7. The van der Waals surface area contributed by atoms with Gasteiger partial charge in [0.15, 0.2) is 10.3 Å². The van der Waals surface area contributed by atoms with Gasteiger partial charge in [-0.3, -0.25) is 19.0 Å². The Labute approximate surface area is 340 Å². The fourth-order valence-corrected chi connectivity index (χ4v) is 9.74. The van der Waals surface area contributed by atoms with Gasteiger partial charge in [0.2, 0.25) is 5.91 Å². The molecule has 1 amide bonds. The van der Waals surface area contributed by atoms with Crippen LogP contribution in [0.15, 0.2) is 88.9 Å². The molecule has 3 aromatic carbocycles. The first-order valence-corrected chi connectivity index (χ1v) is 21.9. The molecule has 0 bridgehead atoms. The van der Waals surface area contributed by atoms with Crippen molar-refractivity contribution in [2.75, 3.05) is 42.4 Å². The molecule has 14 nitrogen and oxygen atoms in total. The van der Waals surface area contributed by atoms with E-state index in [2.05, 4.69) is 19.4 Å². The molecule has 0 aliphatic carbocycles. The van der Waals surface area contributed by atoms with Gasteiger partial charge >= 0.3 is 5.97 Å². The number of sulfonamides is 2. The summed E-state index contributed by atoms with van der Waals surface area (Å²) < 4.78 is 70.7. The van der Waals surface area contributed by atoms with E-state index in [0.717, 1.165) is 22.7 Å². The average Bonchev–Trinajstić information content (AvgIpc) is 3.79. The lowest BCUT2D eigenvalue weighted by Crippen LogP contribution is -2.41. The van der Waals surface area contributed by atoms with Crippen LogP contribution < -0.4 is 14.2 Å². The van der Waals surface area contributed by atoms with E-state index in [1.165, 1.54) is 36.7 Å². The SMILES string of the molecule is CCOC(=O)Cc1cnc(NS(=O)(=O)c2ccc(Cl)c(Cl)c2Cl)s1.O=C(Cc1cnc(NS(=O)(=O)c2ccc(Oc3ccccc3)cc2)s1)N1CCOCC1. The van der Waals surface area contributed by atoms with E-state index in [0.29, 0.717) is 47.6 Å². The van der Waals surface area contributed by atoms with E-state index in [9.17, 15) is 26.4 Å². The molecule has 0 saturated carbocycles. The number of anilines is 2. The maximum Gasteiger partial charge on any atom is 0.311 e. The van der Waals surface area contributed by atoms with E-state index in [1.54, 1.807) is 24.0 Å². The minimum Gasteiger partial charge on any atom is -0.466 e. The number of amides is 1. The molecule has 1 aliphatic rings. The minimum absolute atomic E-state index is 0.0146. The third-order valence-corrected chi connectivity index (χ3v) is 13.5. The summed E-state index contributed by atoms with van der Waals surface area (Å²) in [5, 5.41) is 0.223. The normalized spacial score (nSPS) is 13.0. The summed E-state index contributed by atoms with van der Waals surface area (Å²) in [6, 6.07) is 17.9. The van der Waals surface area contributed by atoms with Gasteiger partial charge in [0.05, 0.1) is 52.6 Å². The van der Waals surface area contributed by atoms with Crippen molar-refractivity contribution in [1.82, 2.24) is 14.9 Å². The van der Waals surface area contributed by atoms with Gasteiger partial charge in [-0.2, -0.15) is 0 Å². The van der Waals surface area contributed by atoms with Crippen molar-refractivity contribution in [3.05, 3.63) is 104 Å². The Balaban J connectivity index is 0.000000219. The summed E-state index contributed by atoms with van der Waals surface area (Å²) >= 11 is 19.8. The highest BCUT2D eigenvalue weighted by molar-refractivity contribution is 7.93. The van der Waals surface area contributed by atoms with Crippen molar-refractivity contribution in [2.24, 2.45) is 0 Å². The van der Waals surface area contributed by atoms with Gasteiger partial charge in [-0.1, -0.05) is 53.0 Å². The van der Waals surface area contributed by atoms with Crippen LogP contribution in [0.1, 0.15) is 16.7 Å². The van der Waals surface area contributed by atoms with Crippen LogP contribution in [0.2, 0.25) is 15.1 Å². The molecule has 292 valence electrons. The molecule has 2 aromatic heterocycles. The molecule has 3 heterocycles. The van der Waals surface area contributed by atoms with Gasteiger partial charge < -0.3 is 19.1 Å². The first-order valence-electron chi connectivity index (χ1n) is 16.2. The lowest BCUT2D eigenvalue weighted by molar-refractivity contribution is -0.142. The minimum atomic E-state index is -4.00. The van der Waals surface area contributed by atoms with E-state index in [4.69, 9.17) is 49.0 Å². The Kier molecular flexibility index (Phi) is 14.7. The number of thiazole rings is 2. The van der Waals surface area contributed by atoms with Gasteiger partial charge in [0.1, 0.15) is 16.4 Å². The third-order valence-electron chi connectivity index (χ3n) is 7.27. The predicted molar refractivity (Wildman–Crippen MR) is 212 cm³/mol. The third kappa shape index (κ3) is 12.0. The van der Waals surface area contributed by atoms with Crippen molar-refractivity contribution in [2.45, 2.75) is 29.6 Å². The molecule has 5 aromatic rings. The fraction of sp³-hybridized carbons (Fsp3) is 0.235. The second kappa shape index (κ2) is 19.2. The molecule has 0 atom stereocenters. The molecule has 21 heteroatoms. The maximum absolute atomic E-state index is 12.7. The van der Waals surface area contributed by atoms with Gasteiger partial charge in [0.25, 0.3) is 20.0 Å². The Morgan fingerprint density at radius 3 is 1.98 bits per heavy atom. The Bertz CT molecular complexity index is 2320. The molecule has 0 unspecified atom stereocenters. The number of esters is 1. The van der Waals surface area contributed by atoms with Crippen molar-refractivity contribution in [1.29, 1.82) is 0 Å². The molecule has 0 spiro atoms. The number of carbonyl (C=O) groups excluding carboxylic acids is 2. The summed E-state index contributed by atoms with van der Waals surface area (Å²) in [7, 11) is -7.81.